The predicted molar refractivity (Wildman–Crippen MR) is 91.4 cm³/mol. The fourth-order valence-electron chi connectivity index (χ4n) is 2.53. The zero-order valence-electron chi connectivity index (χ0n) is 15.6. The van der Waals surface area contributed by atoms with Crippen LogP contribution in [-0.2, 0) is 38.2 Å². The molecule has 10 nitrogen and oxygen atoms in total. The van der Waals surface area contributed by atoms with Crippen LogP contribution in [-0.4, -0.2) is 55.0 Å². The second-order valence-electron chi connectivity index (χ2n) is 5.91. The van der Waals surface area contributed by atoms with E-state index < -0.39 is 48.4 Å². The van der Waals surface area contributed by atoms with Crippen molar-refractivity contribution in [3.63, 3.8) is 0 Å². The first kappa shape index (κ1) is 21.3. The molecular formula is C18H21NO9. The minimum absolute atomic E-state index is 0.266. The Kier molecular flexibility index (Phi) is 7.47. The third kappa shape index (κ3) is 6.03. The Bertz CT molecular complexity index is 721. The monoisotopic (exact) mass is 395 g/mol. The molecule has 4 atom stereocenters. The highest BCUT2D eigenvalue weighted by atomic mass is 16.8. The van der Waals surface area contributed by atoms with Gasteiger partial charge in [-0.15, -0.1) is 0 Å². The van der Waals surface area contributed by atoms with Gasteiger partial charge in [-0.3, -0.25) is 19.2 Å². The molecular weight excluding hydrogens is 374 g/mol. The third-order valence-corrected chi connectivity index (χ3v) is 3.63. The van der Waals surface area contributed by atoms with Gasteiger partial charge in [0.2, 0.25) is 6.29 Å². The summed E-state index contributed by atoms with van der Waals surface area (Å²) in [5.41, 5.74) is 2.53. The maximum Gasteiger partial charge on any atom is 0.303 e. The SMILES string of the molecule is CC(=O)OC[C@H]1O[C@@H](ONC(=O)c2ccccc2)[C@H](OC(C)=O)[C@@H]1OC(C)=O. The van der Waals surface area contributed by atoms with Gasteiger partial charge in [-0.05, 0) is 12.1 Å². The summed E-state index contributed by atoms with van der Waals surface area (Å²) < 4.78 is 20.8. The summed E-state index contributed by atoms with van der Waals surface area (Å²) in [6.07, 6.45) is -4.53. The average Bonchev–Trinajstić information content (AvgIpc) is 2.94. The molecule has 28 heavy (non-hydrogen) atoms. The smallest absolute Gasteiger partial charge is 0.303 e. The van der Waals surface area contributed by atoms with Crippen molar-refractivity contribution in [2.45, 2.75) is 45.4 Å². The van der Waals surface area contributed by atoms with Crippen molar-refractivity contribution in [2.75, 3.05) is 6.61 Å². The number of hydroxylamine groups is 1. The highest BCUT2D eigenvalue weighted by Gasteiger charge is 2.51. The number of ether oxygens (including phenoxy) is 4. The molecule has 0 bridgehead atoms. The molecule has 0 aromatic heterocycles. The summed E-state index contributed by atoms with van der Waals surface area (Å²) in [5, 5.41) is 0. The van der Waals surface area contributed by atoms with E-state index in [0.29, 0.717) is 5.56 Å². The van der Waals surface area contributed by atoms with Crippen LogP contribution in [0.2, 0.25) is 0 Å². The number of hydrogen-bond acceptors (Lipinski definition) is 9. The summed E-state index contributed by atoms with van der Waals surface area (Å²) in [6, 6.07) is 8.24. The maximum absolute atomic E-state index is 12.1. The molecule has 1 aliphatic rings. The molecule has 0 spiro atoms. The number of hydrogen-bond donors (Lipinski definition) is 1. The fourth-order valence-corrected chi connectivity index (χ4v) is 2.53. The molecule has 1 heterocycles. The van der Waals surface area contributed by atoms with Crippen molar-refractivity contribution in [3.8, 4) is 0 Å². The number of benzene rings is 1. The summed E-state index contributed by atoms with van der Waals surface area (Å²) in [4.78, 5) is 51.4. The standard InChI is InChI=1S/C18H21NO9/c1-10(20)24-9-14-15(25-11(2)21)16(26-12(3)22)18(27-14)28-19-17(23)13-7-5-4-6-8-13/h4-8,14-16,18H,9H2,1-3H3,(H,19,23)/t14-,15-,16-,18+/m1/s1. The Morgan fingerprint density at radius 2 is 1.54 bits per heavy atom. The summed E-state index contributed by atoms with van der Waals surface area (Å²) >= 11 is 0. The van der Waals surface area contributed by atoms with E-state index in [1.54, 1.807) is 30.3 Å². The van der Waals surface area contributed by atoms with E-state index in [-0.39, 0.29) is 6.61 Å². The molecule has 1 aromatic rings. The van der Waals surface area contributed by atoms with Crippen LogP contribution >= 0.6 is 0 Å². The Morgan fingerprint density at radius 3 is 2.11 bits per heavy atom. The summed E-state index contributed by atoms with van der Waals surface area (Å²) in [5.74, 6) is -2.47. The van der Waals surface area contributed by atoms with Crippen LogP contribution in [0.15, 0.2) is 30.3 Å². The molecule has 1 amide bonds. The first-order valence-corrected chi connectivity index (χ1v) is 8.42. The highest BCUT2D eigenvalue weighted by Crippen LogP contribution is 2.28. The minimum atomic E-state index is -1.29. The molecule has 0 aliphatic carbocycles. The van der Waals surface area contributed by atoms with Gasteiger partial charge in [0.25, 0.3) is 5.91 Å². The van der Waals surface area contributed by atoms with Gasteiger partial charge in [-0.2, -0.15) is 0 Å². The molecule has 0 saturated carbocycles. The van der Waals surface area contributed by atoms with Gasteiger partial charge in [0.1, 0.15) is 12.7 Å². The number of carbonyl (C=O) groups excluding carboxylic acids is 4. The van der Waals surface area contributed by atoms with Gasteiger partial charge in [0, 0.05) is 26.3 Å². The van der Waals surface area contributed by atoms with Gasteiger partial charge in [0.15, 0.2) is 12.2 Å². The highest BCUT2D eigenvalue weighted by molar-refractivity contribution is 5.93. The molecule has 1 aliphatic heterocycles. The summed E-state index contributed by atoms with van der Waals surface area (Å²) in [7, 11) is 0. The molecule has 1 saturated heterocycles. The normalized spacial score (nSPS) is 23.5. The van der Waals surface area contributed by atoms with Crippen molar-refractivity contribution in [3.05, 3.63) is 35.9 Å². The van der Waals surface area contributed by atoms with E-state index in [4.69, 9.17) is 23.8 Å². The van der Waals surface area contributed by atoms with Crippen molar-refractivity contribution >= 4 is 23.8 Å². The number of rotatable bonds is 7. The zero-order chi connectivity index (χ0) is 20.7. The number of nitrogens with one attached hydrogen (secondary N) is 1. The predicted octanol–water partition coefficient (Wildman–Crippen LogP) is 0.499. The van der Waals surface area contributed by atoms with Crippen molar-refractivity contribution in [1.82, 2.24) is 5.48 Å². The first-order valence-electron chi connectivity index (χ1n) is 8.42. The van der Waals surface area contributed by atoms with E-state index in [9.17, 15) is 19.2 Å². The van der Waals surface area contributed by atoms with E-state index in [0.717, 1.165) is 6.92 Å². The lowest BCUT2D eigenvalue weighted by Crippen LogP contribution is -2.43. The average molecular weight is 395 g/mol. The lowest BCUT2D eigenvalue weighted by atomic mass is 10.1. The van der Waals surface area contributed by atoms with Gasteiger partial charge in [-0.25, -0.2) is 10.3 Å². The quantitative estimate of drug-likeness (QED) is 0.399. The van der Waals surface area contributed by atoms with Crippen LogP contribution < -0.4 is 5.48 Å². The molecule has 0 unspecified atom stereocenters. The van der Waals surface area contributed by atoms with Crippen LogP contribution in [0.4, 0.5) is 0 Å². The van der Waals surface area contributed by atoms with E-state index >= 15 is 0 Å². The molecule has 0 radical (unpaired) electrons. The minimum Gasteiger partial charge on any atom is -0.463 e. The number of carbonyl (C=O) groups is 4. The second kappa shape index (κ2) is 9.81. The first-order chi connectivity index (χ1) is 13.3. The van der Waals surface area contributed by atoms with E-state index in [1.807, 2.05) is 0 Å². The zero-order valence-corrected chi connectivity index (χ0v) is 15.6. The summed E-state index contributed by atoms with van der Waals surface area (Å²) in [6.45, 7) is 3.26. The number of esters is 3. The lowest BCUT2D eigenvalue weighted by molar-refractivity contribution is -0.205. The van der Waals surface area contributed by atoms with Gasteiger partial charge < -0.3 is 18.9 Å². The van der Waals surface area contributed by atoms with Crippen LogP contribution in [0.25, 0.3) is 0 Å². The van der Waals surface area contributed by atoms with E-state index in [2.05, 4.69) is 5.48 Å². The second-order valence-corrected chi connectivity index (χ2v) is 5.91. The molecule has 1 aromatic carbocycles. The van der Waals surface area contributed by atoms with Crippen molar-refractivity contribution < 1.29 is 43.0 Å². The topological polar surface area (TPSA) is 126 Å². The Hall–Kier alpha value is -2.98. The number of amides is 1. The molecule has 152 valence electrons. The Labute approximate surface area is 161 Å². The molecule has 1 N–H and O–H groups in total. The maximum atomic E-state index is 12.1. The largest absolute Gasteiger partial charge is 0.463 e. The molecule has 1 fully saturated rings. The Balaban J connectivity index is 2.12. The fraction of sp³-hybridized carbons (Fsp3) is 0.444. The van der Waals surface area contributed by atoms with Crippen molar-refractivity contribution in [1.29, 1.82) is 0 Å². The van der Waals surface area contributed by atoms with Crippen LogP contribution in [0.1, 0.15) is 31.1 Å². The van der Waals surface area contributed by atoms with Crippen LogP contribution in [0.3, 0.4) is 0 Å². The third-order valence-electron chi connectivity index (χ3n) is 3.63. The van der Waals surface area contributed by atoms with Gasteiger partial charge in [-0.1, -0.05) is 18.2 Å². The molecule has 2 rings (SSSR count). The van der Waals surface area contributed by atoms with Crippen molar-refractivity contribution in [2.24, 2.45) is 0 Å². The Morgan fingerprint density at radius 1 is 0.929 bits per heavy atom. The van der Waals surface area contributed by atoms with Crippen LogP contribution in [0.5, 0.6) is 0 Å². The van der Waals surface area contributed by atoms with E-state index in [1.165, 1.54) is 13.8 Å². The molecule has 10 heteroatoms. The lowest BCUT2D eigenvalue weighted by Gasteiger charge is -2.23. The van der Waals surface area contributed by atoms with Gasteiger partial charge >= 0.3 is 17.9 Å². The van der Waals surface area contributed by atoms with Crippen LogP contribution in [0, 0.1) is 0 Å². The van der Waals surface area contributed by atoms with Gasteiger partial charge in [0.05, 0.1) is 0 Å².